The van der Waals surface area contributed by atoms with Gasteiger partial charge in [0.2, 0.25) is 11.0 Å². The first-order valence-electron chi connectivity index (χ1n) is 6.21. The maximum absolute atomic E-state index is 12.4. The van der Waals surface area contributed by atoms with Crippen molar-refractivity contribution in [3.63, 3.8) is 0 Å². The smallest absolute Gasteiger partial charge is 0.344 e. The van der Waals surface area contributed by atoms with E-state index in [1.54, 1.807) is 7.05 Å². The highest BCUT2D eigenvalue weighted by atomic mass is 32.2. The number of hydrogen-bond acceptors (Lipinski definition) is 5. The summed E-state index contributed by atoms with van der Waals surface area (Å²) in [5.41, 5.74) is 0. The van der Waals surface area contributed by atoms with Crippen molar-refractivity contribution in [3.05, 3.63) is 0 Å². The van der Waals surface area contributed by atoms with E-state index < -0.39 is 24.7 Å². The number of nitrogens with zero attached hydrogens (tertiary/aromatic N) is 1. The number of nitrogens with one attached hydrogen (secondary N) is 2. The Morgan fingerprint density at radius 2 is 2.20 bits per heavy atom. The van der Waals surface area contributed by atoms with Crippen molar-refractivity contribution in [2.75, 3.05) is 39.0 Å². The van der Waals surface area contributed by atoms with E-state index in [1.807, 2.05) is 0 Å². The second kappa shape index (κ2) is 7.84. The van der Waals surface area contributed by atoms with Crippen LogP contribution in [0.3, 0.4) is 0 Å². The minimum Gasteiger partial charge on any atom is -0.344 e. The Kier molecular flexibility index (Phi) is 6.77. The monoisotopic (exact) mass is 313 g/mol. The molecule has 0 bridgehead atoms. The van der Waals surface area contributed by atoms with Gasteiger partial charge in [0.15, 0.2) is 0 Å². The number of carbonyl (C=O) groups is 2. The van der Waals surface area contributed by atoms with Gasteiger partial charge in [-0.2, -0.15) is 13.2 Å². The third kappa shape index (κ3) is 6.58. The van der Waals surface area contributed by atoms with Gasteiger partial charge in [-0.15, -0.1) is 0 Å². The van der Waals surface area contributed by atoms with Crippen LogP contribution in [0.25, 0.3) is 0 Å². The lowest BCUT2D eigenvalue weighted by Gasteiger charge is -2.23. The fourth-order valence-electron chi connectivity index (χ4n) is 1.81. The quantitative estimate of drug-likeness (QED) is 0.704. The molecule has 0 aliphatic carbocycles. The minimum absolute atomic E-state index is 0.108. The topological polar surface area (TPSA) is 61.4 Å². The van der Waals surface area contributed by atoms with Crippen LogP contribution in [0.5, 0.6) is 0 Å². The third-order valence-electron chi connectivity index (χ3n) is 2.72. The Morgan fingerprint density at radius 3 is 2.70 bits per heavy atom. The zero-order valence-electron chi connectivity index (χ0n) is 11.1. The lowest BCUT2D eigenvalue weighted by atomic mass is 10.2. The highest BCUT2D eigenvalue weighted by Crippen LogP contribution is 2.19. The molecular formula is C11H18F3N3O2S. The third-order valence-corrected chi connectivity index (χ3v) is 3.73. The van der Waals surface area contributed by atoms with E-state index in [1.165, 1.54) is 0 Å². The summed E-state index contributed by atoms with van der Waals surface area (Å²) in [5.74, 6) is 0.0849. The Labute approximate surface area is 119 Å². The number of carbonyl (C=O) groups excluding carboxylic acids is 2. The van der Waals surface area contributed by atoms with E-state index in [4.69, 9.17) is 0 Å². The van der Waals surface area contributed by atoms with Crippen LogP contribution in [0.1, 0.15) is 6.42 Å². The molecule has 5 nitrogen and oxygen atoms in total. The van der Waals surface area contributed by atoms with Crippen LogP contribution in [-0.2, 0) is 9.59 Å². The van der Waals surface area contributed by atoms with Crippen molar-refractivity contribution in [1.29, 1.82) is 0 Å². The standard InChI is InChI=1S/C11H18F3N3O2S/c1-15-3-4-17(7-11(12,13)14)6-9(18)16-8-2-5-20-10(8)19/h8,15H,2-7H2,1H3,(H,16,18). The molecule has 0 aromatic carbocycles. The molecule has 1 fully saturated rings. The first kappa shape index (κ1) is 17.3. The lowest BCUT2D eigenvalue weighted by molar-refractivity contribution is -0.149. The molecule has 2 N–H and O–H groups in total. The van der Waals surface area contributed by atoms with Crippen molar-refractivity contribution >= 4 is 22.8 Å². The average molecular weight is 313 g/mol. The van der Waals surface area contributed by atoms with Gasteiger partial charge < -0.3 is 10.6 Å². The fraction of sp³-hybridized carbons (Fsp3) is 0.818. The molecule has 1 unspecified atom stereocenters. The van der Waals surface area contributed by atoms with Crippen LogP contribution in [0.15, 0.2) is 0 Å². The Morgan fingerprint density at radius 1 is 1.50 bits per heavy atom. The molecule has 116 valence electrons. The molecular weight excluding hydrogens is 295 g/mol. The van der Waals surface area contributed by atoms with Crippen molar-refractivity contribution < 1.29 is 22.8 Å². The first-order chi connectivity index (χ1) is 9.31. The van der Waals surface area contributed by atoms with Gasteiger partial charge in [-0.1, -0.05) is 11.8 Å². The summed E-state index contributed by atoms with van der Waals surface area (Å²) in [6, 6.07) is -0.565. The van der Waals surface area contributed by atoms with Crippen LogP contribution >= 0.6 is 11.8 Å². The SMILES string of the molecule is CNCCN(CC(=O)NC1CCSC1=O)CC(F)(F)F. The predicted molar refractivity (Wildman–Crippen MR) is 70.4 cm³/mol. The summed E-state index contributed by atoms with van der Waals surface area (Å²) in [4.78, 5) is 24.1. The average Bonchev–Trinajstić information content (AvgIpc) is 2.70. The molecule has 0 aromatic rings. The second-order valence-electron chi connectivity index (χ2n) is 4.51. The number of likely N-dealkylation sites (N-methyl/N-ethyl adjacent to an activating group) is 1. The van der Waals surface area contributed by atoms with Gasteiger partial charge in [0.05, 0.1) is 19.1 Å². The van der Waals surface area contributed by atoms with E-state index in [2.05, 4.69) is 10.6 Å². The van der Waals surface area contributed by atoms with Gasteiger partial charge in [0.1, 0.15) is 0 Å². The Hall–Kier alpha value is -0.800. The zero-order valence-corrected chi connectivity index (χ0v) is 11.9. The van der Waals surface area contributed by atoms with Crippen molar-refractivity contribution in [3.8, 4) is 0 Å². The van der Waals surface area contributed by atoms with Crippen molar-refractivity contribution in [2.24, 2.45) is 0 Å². The van der Waals surface area contributed by atoms with Gasteiger partial charge in [0, 0.05) is 18.8 Å². The summed E-state index contributed by atoms with van der Waals surface area (Å²) in [5, 5.41) is 5.09. The number of amides is 1. The summed E-state index contributed by atoms with van der Waals surface area (Å²) in [6.45, 7) is -1.05. The lowest BCUT2D eigenvalue weighted by Crippen LogP contribution is -2.47. The van der Waals surface area contributed by atoms with Gasteiger partial charge in [0.25, 0.3) is 0 Å². The molecule has 1 saturated heterocycles. The molecule has 1 aliphatic heterocycles. The van der Waals surface area contributed by atoms with E-state index in [0.29, 0.717) is 18.7 Å². The maximum atomic E-state index is 12.4. The van der Waals surface area contributed by atoms with Crippen LogP contribution in [0.4, 0.5) is 13.2 Å². The largest absolute Gasteiger partial charge is 0.401 e. The number of alkyl halides is 3. The van der Waals surface area contributed by atoms with Crippen molar-refractivity contribution in [2.45, 2.75) is 18.6 Å². The molecule has 9 heteroatoms. The molecule has 20 heavy (non-hydrogen) atoms. The summed E-state index contributed by atoms with van der Waals surface area (Å²) < 4.78 is 37.2. The minimum atomic E-state index is -4.35. The molecule has 1 aliphatic rings. The summed E-state index contributed by atoms with van der Waals surface area (Å²) >= 11 is 1.13. The molecule has 0 aromatic heterocycles. The predicted octanol–water partition coefficient (Wildman–Crippen LogP) is 0.218. The maximum Gasteiger partial charge on any atom is 0.401 e. The zero-order chi connectivity index (χ0) is 15.2. The van der Waals surface area contributed by atoms with Gasteiger partial charge >= 0.3 is 6.18 Å². The highest BCUT2D eigenvalue weighted by Gasteiger charge is 2.32. The van der Waals surface area contributed by atoms with E-state index in [-0.39, 0.29) is 18.2 Å². The van der Waals surface area contributed by atoms with E-state index in [9.17, 15) is 22.8 Å². The molecule has 1 heterocycles. The molecule has 1 amide bonds. The normalized spacial score (nSPS) is 19.6. The van der Waals surface area contributed by atoms with E-state index >= 15 is 0 Å². The molecule has 1 rings (SSSR count). The molecule has 1 atom stereocenters. The first-order valence-corrected chi connectivity index (χ1v) is 7.20. The fourth-order valence-corrected chi connectivity index (χ4v) is 2.74. The van der Waals surface area contributed by atoms with Gasteiger partial charge in [-0.25, -0.2) is 0 Å². The highest BCUT2D eigenvalue weighted by molar-refractivity contribution is 8.14. The van der Waals surface area contributed by atoms with Crippen LogP contribution in [-0.4, -0.2) is 67.1 Å². The Bertz CT molecular complexity index is 352. The van der Waals surface area contributed by atoms with Crippen molar-refractivity contribution in [1.82, 2.24) is 15.5 Å². The second-order valence-corrected chi connectivity index (χ2v) is 5.60. The van der Waals surface area contributed by atoms with Crippen LogP contribution in [0.2, 0.25) is 0 Å². The summed E-state index contributed by atoms with van der Waals surface area (Å²) in [7, 11) is 1.63. The number of thioether (sulfide) groups is 1. The number of halogens is 3. The van der Waals surface area contributed by atoms with Gasteiger partial charge in [-0.05, 0) is 13.5 Å². The molecule has 0 saturated carbocycles. The Balaban J connectivity index is 2.46. The summed E-state index contributed by atoms with van der Waals surface area (Å²) in [6.07, 6.45) is -3.82. The van der Waals surface area contributed by atoms with E-state index in [0.717, 1.165) is 16.7 Å². The van der Waals surface area contributed by atoms with Gasteiger partial charge in [-0.3, -0.25) is 14.5 Å². The van der Waals surface area contributed by atoms with Crippen LogP contribution < -0.4 is 10.6 Å². The molecule has 0 spiro atoms. The van der Waals surface area contributed by atoms with Crippen LogP contribution in [0, 0.1) is 0 Å². The number of rotatable bonds is 7. The molecule has 0 radical (unpaired) electrons. The number of hydrogen-bond donors (Lipinski definition) is 2.